The molecule has 0 heterocycles. The van der Waals surface area contributed by atoms with E-state index in [4.69, 9.17) is 10.5 Å². The first-order valence-corrected chi connectivity index (χ1v) is 10.8. The number of nitrogens with two attached hydrogens (primary N) is 1. The minimum atomic E-state index is -1.16. The van der Waals surface area contributed by atoms with Crippen LogP contribution in [0.3, 0.4) is 0 Å². The maximum atomic E-state index is 14.1. The van der Waals surface area contributed by atoms with Crippen LogP contribution in [0.5, 0.6) is 0 Å². The summed E-state index contributed by atoms with van der Waals surface area (Å²) in [6.45, 7) is 0.0313. The van der Waals surface area contributed by atoms with Gasteiger partial charge < -0.3 is 21.1 Å². The highest BCUT2D eigenvalue weighted by molar-refractivity contribution is 5.91. The quantitative estimate of drug-likeness (QED) is 0.429. The van der Waals surface area contributed by atoms with Gasteiger partial charge in [-0.2, -0.15) is 0 Å². The van der Waals surface area contributed by atoms with Crippen LogP contribution in [-0.2, 0) is 33.8 Å². The van der Waals surface area contributed by atoms with E-state index >= 15 is 0 Å². The van der Waals surface area contributed by atoms with Crippen molar-refractivity contribution in [3.05, 3.63) is 107 Å². The summed E-state index contributed by atoms with van der Waals surface area (Å²) in [4.78, 5) is 37.5. The van der Waals surface area contributed by atoms with Crippen molar-refractivity contribution in [1.82, 2.24) is 10.6 Å². The maximum absolute atomic E-state index is 14.1. The number of halogens is 1. The van der Waals surface area contributed by atoms with E-state index < -0.39 is 35.8 Å². The van der Waals surface area contributed by atoms with Crippen LogP contribution in [0.25, 0.3) is 0 Å². The van der Waals surface area contributed by atoms with Gasteiger partial charge in [0.1, 0.15) is 24.5 Å². The summed E-state index contributed by atoms with van der Waals surface area (Å²) in [5, 5.41) is 5.10. The van der Waals surface area contributed by atoms with Gasteiger partial charge in [-0.3, -0.25) is 9.59 Å². The molecule has 0 aromatic heterocycles. The van der Waals surface area contributed by atoms with Gasteiger partial charge in [-0.15, -0.1) is 0 Å². The molecule has 3 rings (SSSR count). The van der Waals surface area contributed by atoms with Crippen molar-refractivity contribution in [2.24, 2.45) is 5.73 Å². The van der Waals surface area contributed by atoms with E-state index in [2.05, 4.69) is 10.6 Å². The Hall–Kier alpha value is -4.20. The second kappa shape index (κ2) is 12.2. The van der Waals surface area contributed by atoms with Gasteiger partial charge >= 0.3 is 6.09 Å². The van der Waals surface area contributed by atoms with E-state index in [1.807, 2.05) is 60.7 Å². The number of benzene rings is 3. The van der Waals surface area contributed by atoms with E-state index in [0.29, 0.717) is 0 Å². The Bertz CT molecular complexity index is 1110. The van der Waals surface area contributed by atoms with Gasteiger partial charge in [0, 0.05) is 12.8 Å². The molecule has 0 unspecified atom stereocenters. The molecule has 3 amide bonds. The molecule has 0 aliphatic rings. The van der Waals surface area contributed by atoms with E-state index in [1.54, 1.807) is 6.07 Å². The first kappa shape index (κ1) is 24.4. The van der Waals surface area contributed by atoms with Gasteiger partial charge in [0.15, 0.2) is 0 Å². The van der Waals surface area contributed by atoms with E-state index in [9.17, 15) is 18.8 Å². The molecule has 4 N–H and O–H groups in total. The van der Waals surface area contributed by atoms with Crippen LogP contribution >= 0.6 is 0 Å². The molecule has 0 saturated carbocycles. The van der Waals surface area contributed by atoms with Crippen molar-refractivity contribution in [3.63, 3.8) is 0 Å². The van der Waals surface area contributed by atoms with Crippen molar-refractivity contribution >= 4 is 17.9 Å². The number of alkyl carbamates (subject to hydrolysis) is 1. The molecule has 34 heavy (non-hydrogen) atoms. The average Bonchev–Trinajstić information content (AvgIpc) is 2.84. The summed E-state index contributed by atoms with van der Waals surface area (Å²) in [6, 6.07) is 21.9. The van der Waals surface area contributed by atoms with Gasteiger partial charge in [-0.05, 0) is 22.8 Å². The van der Waals surface area contributed by atoms with Crippen molar-refractivity contribution in [3.8, 4) is 0 Å². The van der Waals surface area contributed by atoms with Gasteiger partial charge in [0.05, 0.1) is 0 Å². The molecule has 7 nitrogen and oxygen atoms in total. The van der Waals surface area contributed by atoms with Crippen LogP contribution in [0.2, 0.25) is 0 Å². The first-order chi connectivity index (χ1) is 16.4. The first-order valence-electron chi connectivity index (χ1n) is 10.8. The van der Waals surface area contributed by atoms with Crippen molar-refractivity contribution in [2.45, 2.75) is 31.5 Å². The molecule has 3 aromatic carbocycles. The van der Waals surface area contributed by atoms with Gasteiger partial charge in [0.25, 0.3) is 0 Å². The lowest BCUT2D eigenvalue weighted by atomic mass is 10.0. The second-order valence-corrected chi connectivity index (χ2v) is 7.71. The fourth-order valence-corrected chi connectivity index (χ4v) is 3.35. The number of carbonyl (C=O) groups excluding carboxylic acids is 3. The third kappa shape index (κ3) is 7.44. The largest absolute Gasteiger partial charge is 0.445 e. The average molecular weight is 464 g/mol. The Labute approximate surface area is 197 Å². The molecule has 0 radical (unpaired) electrons. The van der Waals surface area contributed by atoms with Crippen molar-refractivity contribution in [1.29, 1.82) is 0 Å². The highest BCUT2D eigenvalue weighted by Crippen LogP contribution is 2.10. The van der Waals surface area contributed by atoms with E-state index in [-0.39, 0.29) is 25.0 Å². The van der Waals surface area contributed by atoms with Crippen LogP contribution in [-0.4, -0.2) is 30.0 Å². The highest BCUT2D eigenvalue weighted by atomic mass is 19.1. The summed E-state index contributed by atoms with van der Waals surface area (Å²) < 4.78 is 19.3. The van der Waals surface area contributed by atoms with Crippen LogP contribution in [0.1, 0.15) is 16.7 Å². The normalized spacial score (nSPS) is 12.3. The predicted octanol–water partition coefficient (Wildman–Crippen LogP) is 2.88. The Morgan fingerprint density at radius 3 is 1.97 bits per heavy atom. The topological polar surface area (TPSA) is 111 Å². The lowest BCUT2D eigenvalue weighted by molar-refractivity contribution is -0.128. The number of nitrogens with one attached hydrogen (secondary N) is 2. The molecule has 8 heteroatoms. The highest BCUT2D eigenvalue weighted by Gasteiger charge is 2.27. The molecule has 3 aromatic rings. The molecule has 0 fully saturated rings. The van der Waals surface area contributed by atoms with Crippen LogP contribution in [0.15, 0.2) is 84.9 Å². The lowest BCUT2D eigenvalue weighted by Gasteiger charge is -2.22. The summed E-state index contributed by atoms with van der Waals surface area (Å²) in [5.41, 5.74) is 7.28. The SMILES string of the molecule is NC(=O)[C@@H](Cc1ccccc1F)NC(=O)[C@@H](Cc1ccccc1)NC(=O)OCc1ccccc1. The molecular weight excluding hydrogens is 437 g/mol. The maximum Gasteiger partial charge on any atom is 0.408 e. The molecular formula is C26H26FN3O4. The lowest BCUT2D eigenvalue weighted by Crippen LogP contribution is -2.54. The summed E-state index contributed by atoms with van der Waals surface area (Å²) in [5.74, 6) is -1.96. The number of rotatable bonds is 10. The fourth-order valence-electron chi connectivity index (χ4n) is 3.35. The van der Waals surface area contributed by atoms with Gasteiger partial charge in [0.2, 0.25) is 11.8 Å². The Morgan fingerprint density at radius 1 is 0.765 bits per heavy atom. The predicted molar refractivity (Wildman–Crippen MR) is 125 cm³/mol. The monoisotopic (exact) mass is 463 g/mol. The zero-order chi connectivity index (χ0) is 24.3. The van der Waals surface area contributed by atoms with Crippen molar-refractivity contribution in [2.75, 3.05) is 0 Å². The van der Waals surface area contributed by atoms with Crippen molar-refractivity contribution < 1.29 is 23.5 Å². The number of primary amides is 1. The molecule has 176 valence electrons. The van der Waals surface area contributed by atoms with E-state index in [1.165, 1.54) is 18.2 Å². The third-order valence-electron chi connectivity index (χ3n) is 5.15. The van der Waals surface area contributed by atoms with Gasteiger partial charge in [-0.1, -0.05) is 78.9 Å². The number of amides is 3. The van der Waals surface area contributed by atoms with Crippen LogP contribution in [0.4, 0.5) is 9.18 Å². The Balaban J connectivity index is 1.70. The minimum absolute atomic E-state index is 0.0313. The third-order valence-corrected chi connectivity index (χ3v) is 5.15. The molecule has 0 saturated heterocycles. The van der Waals surface area contributed by atoms with Crippen LogP contribution < -0.4 is 16.4 Å². The molecule has 0 bridgehead atoms. The smallest absolute Gasteiger partial charge is 0.408 e. The zero-order valence-electron chi connectivity index (χ0n) is 18.4. The molecule has 0 aliphatic carbocycles. The Morgan fingerprint density at radius 2 is 1.35 bits per heavy atom. The number of carbonyl (C=O) groups is 3. The number of ether oxygens (including phenoxy) is 1. The molecule has 2 atom stereocenters. The summed E-state index contributed by atoms with van der Waals surface area (Å²) in [7, 11) is 0. The molecule has 0 spiro atoms. The van der Waals surface area contributed by atoms with Gasteiger partial charge in [-0.25, -0.2) is 9.18 Å². The molecule has 0 aliphatic heterocycles. The fraction of sp³-hybridized carbons (Fsp3) is 0.192. The summed E-state index contributed by atoms with van der Waals surface area (Å²) in [6.07, 6.45) is -0.757. The van der Waals surface area contributed by atoms with E-state index in [0.717, 1.165) is 11.1 Å². The zero-order valence-corrected chi connectivity index (χ0v) is 18.4. The second-order valence-electron chi connectivity index (χ2n) is 7.71. The standard InChI is InChI=1S/C26H26FN3O4/c27-21-14-8-7-13-20(21)16-22(24(28)31)29-25(32)23(15-18-9-3-1-4-10-18)30-26(33)34-17-19-11-5-2-6-12-19/h1-14,22-23H,15-17H2,(H2,28,31)(H,29,32)(H,30,33)/t22-,23-/m1/s1. The number of hydrogen-bond acceptors (Lipinski definition) is 4. The number of hydrogen-bond donors (Lipinski definition) is 3. The van der Waals surface area contributed by atoms with Crippen LogP contribution in [0, 0.1) is 5.82 Å². The minimum Gasteiger partial charge on any atom is -0.445 e. The summed E-state index contributed by atoms with van der Waals surface area (Å²) >= 11 is 0. The Kier molecular flexibility index (Phi) is 8.73.